The molecule has 0 aromatic heterocycles. The van der Waals surface area contributed by atoms with E-state index in [4.69, 9.17) is 9.84 Å². The summed E-state index contributed by atoms with van der Waals surface area (Å²) in [6, 6.07) is 0.471. The van der Waals surface area contributed by atoms with Crippen molar-refractivity contribution in [1.82, 2.24) is 4.90 Å². The summed E-state index contributed by atoms with van der Waals surface area (Å²) in [5.41, 5.74) is 0. The van der Waals surface area contributed by atoms with Gasteiger partial charge in [-0.1, -0.05) is 6.08 Å². The zero-order valence-electron chi connectivity index (χ0n) is 8.11. The SMILES string of the molecule is C=CCN(CCO)C1CCCOC1. The van der Waals surface area contributed by atoms with Crippen LogP contribution in [0.25, 0.3) is 0 Å². The summed E-state index contributed by atoms with van der Waals surface area (Å²) in [6.07, 6.45) is 4.18. The van der Waals surface area contributed by atoms with Crippen molar-refractivity contribution >= 4 is 0 Å². The van der Waals surface area contributed by atoms with Gasteiger partial charge in [-0.2, -0.15) is 0 Å². The predicted octanol–water partition coefficient (Wildman–Crippen LogP) is 0.646. The summed E-state index contributed by atoms with van der Waals surface area (Å²) in [4.78, 5) is 2.23. The summed E-state index contributed by atoms with van der Waals surface area (Å²) in [5, 5.41) is 8.88. The molecule has 0 spiro atoms. The van der Waals surface area contributed by atoms with Crippen molar-refractivity contribution in [2.24, 2.45) is 0 Å². The third kappa shape index (κ3) is 3.46. The quantitative estimate of drug-likeness (QED) is 0.638. The minimum atomic E-state index is 0.213. The first kappa shape index (κ1) is 10.7. The van der Waals surface area contributed by atoms with E-state index in [2.05, 4.69) is 11.5 Å². The van der Waals surface area contributed by atoms with Gasteiger partial charge in [-0.3, -0.25) is 4.90 Å². The van der Waals surface area contributed by atoms with Gasteiger partial charge >= 0.3 is 0 Å². The van der Waals surface area contributed by atoms with Crippen LogP contribution in [0.15, 0.2) is 12.7 Å². The number of nitrogens with zero attached hydrogens (tertiary/aromatic N) is 1. The van der Waals surface area contributed by atoms with E-state index in [0.717, 1.165) is 32.7 Å². The lowest BCUT2D eigenvalue weighted by Crippen LogP contribution is -2.42. The fourth-order valence-electron chi connectivity index (χ4n) is 1.73. The van der Waals surface area contributed by atoms with E-state index in [0.29, 0.717) is 6.04 Å². The molecule has 0 saturated carbocycles. The Balaban J connectivity index is 2.36. The van der Waals surface area contributed by atoms with Gasteiger partial charge in [0.2, 0.25) is 0 Å². The Labute approximate surface area is 80.0 Å². The van der Waals surface area contributed by atoms with Crippen LogP contribution < -0.4 is 0 Å². The number of hydrogen-bond donors (Lipinski definition) is 1. The zero-order chi connectivity index (χ0) is 9.52. The van der Waals surface area contributed by atoms with E-state index in [1.807, 2.05) is 6.08 Å². The van der Waals surface area contributed by atoms with Crippen molar-refractivity contribution in [1.29, 1.82) is 0 Å². The topological polar surface area (TPSA) is 32.7 Å². The fourth-order valence-corrected chi connectivity index (χ4v) is 1.73. The zero-order valence-corrected chi connectivity index (χ0v) is 8.11. The van der Waals surface area contributed by atoms with Gasteiger partial charge in [0.05, 0.1) is 13.2 Å². The second-order valence-electron chi connectivity index (χ2n) is 3.38. The molecule has 0 aromatic carbocycles. The molecule has 1 aliphatic rings. The highest BCUT2D eigenvalue weighted by molar-refractivity contribution is 4.80. The van der Waals surface area contributed by atoms with Gasteiger partial charge in [0.1, 0.15) is 0 Å². The molecule has 1 aliphatic heterocycles. The third-order valence-electron chi connectivity index (χ3n) is 2.40. The van der Waals surface area contributed by atoms with Crippen LogP contribution in [0.2, 0.25) is 0 Å². The number of ether oxygens (including phenoxy) is 1. The summed E-state index contributed by atoms with van der Waals surface area (Å²) >= 11 is 0. The second-order valence-corrected chi connectivity index (χ2v) is 3.38. The molecule has 1 heterocycles. The van der Waals surface area contributed by atoms with E-state index in [1.165, 1.54) is 6.42 Å². The van der Waals surface area contributed by atoms with E-state index in [-0.39, 0.29) is 6.61 Å². The highest BCUT2D eigenvalue weighted by Crippen LogP contribution is 2.12. The molecule has 1 N–H and O–H groups in total. The lowest BCUT2D eigenvalue weighted by Gasteiger charge is -2.32. The molecule has 0 bridgehead atoms. The standard InChI is InChI=1S/C10H19NO2/c1-2-5-11(6-7-12)10-4-3-8-13-9-10/h2,10,12H,1,3-9H2. The Morgan fingerprint density at radius 1 is 1.62 bits per heavy atom. The summed E-state index contributed by atoms with van der Waals surface area (Å²) < 4.78 is 5.40. The molecule has 0 radical (unpaired) electrons. The summed E-state index contributed by atoms with van der Waals surface area (Å²) in [6.45, 7) is 7.18. The molecule has 76 valence electrons. The molecule has 0 amide bonds. The van der Waals surface area contributed by atoms with Crippen molar-refractivity contribution in [3.8, 4) is 0 Å². The van der Waals surface area contributed by atoms with E-state index >= 15 is 0 Å². The molecule has 1 fully saturated rings. The van der Waals surface area contributed by atoms with Gasteiger partial charge in [0, 0.05) is 25.7 Å². The van der Waals surface area contributed by atoms with Gasteiger partial charge < -0.3 is 9.84 Å². The van der Waals surface area contributed by atoms with Crippen molar-refractivity contribution in [3.05, 3.63) is 12.7 Å². The normalized spacial score (nSPS) is 23.4. The van der Waals surface area contributed by atoms with E-state index < -0.39 is 0 Å². The summed E-state index contributed by atoms with van der Waals surface area (Å²) in [5.74, 6) is 0. The maximum absolute atomic E-state index is 8.88. The van der Waals surface area contributed by atoms with Gasteiger partial charge in [-0.25, -0.2) is 0 Å². The third-order valence-corrected chi connectivity index (χ3v) is 2.40. The minimum absolute atomic E-state index is 0.213. The van der Waals surface area contributed by atoms with Crippen LogP contribution in [0, 0.1) is 0 Å². The van der Waals surface area contributed by atoms with Gasteiger partial charge in [-0.15, -0.1) is 6.58 Å². The largest absolute Gasteiger partial charge is 0.395 e. The molecule has 0 aliphatic carbocycles. The first-order valence-corrected chi connectivity index (χ1v) is 4.92. The maximum Gasteiger partial charge on any atom is 0.0621 e. The second kappa shape index (κ2) is 6.13. The van der Waals surface area contributed by atoms with E-state index in [9.17, 15) is 0 Å². The van der Waals surface area contributed by atoms with Gasteiger partial charge in [-0.05, 0) is 12.8 Å². The molecule has 3 heteroatoms. The van der Waals surface area contributed by atoms with Crippen molar-refractivity contribution < 1.29 is 9.84 Å². The smallest absolute Gasteiger partial charge is 0.0621 e. The predicted molar refractivity (Wildman–Crippen MR) is 52.7 cm³/mol. The van der Waals surface area contributed by atoms with Crippen molar-refractivity contribution in [2.45, 2.75) is 18.9 Å². The van der Waals surface area contributed by atoms with Crippen LogP contribution >= 0.6 is 0 Å². The molecule has 13 heavy (non-hydrogen) atoms. The molecule has 0 aromatic rings. The Kier molecular flexibility index (Phi) is 5.05. The first-order chi connectivity index (χ1) is 6.38. The monoisotopic (exact) mass is 185 g/mol. The van der Waals surface area contributed by atoms with E-state index in [1.54, 1.807) is 0 Å². The highest BCUT2D eigenvalue weighted by atomic mass is 16.5. The van der Waals surface area contributed by atoms with Crippen LogP contribution in [-0.4, -0.2) is 49.0 Å². The molecule has 1 rings (SSSR count). The number of aliphatic hydroxyl groups excluding tert-OH is 1. The van der Waals surface area contributed by atoms with Crippen molar-refractivity contribution in [2.75, 3.05) is 32.9 Å². The Morgan fingerprint density at radius 2 is 2.46 bits per heavy atom. The Bertz CT molecular complexity index is 144. The number of aliphatic hydroxyl groups is 1. The van der Waals surface area contributed by atoms with Crippen LogP contribution in [0.4, 0.5) is 0 Å². The maximum atomic E-state index is 8.88. The lowest BCUT2D eigenvalue weighted by atomic mass is 10.1. The average Bonchev–Trinajstić information content (AvgIpc) is 2.19. The minimum Gasteiger partial charge on any atom is -0.395 e. The Morgan fingerprint density at radius 3 is 3.00 bits per heavy atom. The van der Waals surface area contributed by atoms with Crippen molar-refractivity contribution in [3.63, 3.8) is 0 Å². The van der Waals surface area contributed by atoms with Crippen LogP contribution in [0.3, 0.4) is 0 Å². The molecular formula is C10H19NO2. The number of rotatable bonds is 5. The number of hydrogen-bond acceptors (Lipinski definition) is 3. The van der Waals surface area contributed by atoms with Crippen LogP contribution in [-0.2, 0) is 4.74 Å². The molecule has 1 saturated heterocycles. The molecule has 3 nitrogen and oxygen atoms in total. The molecular weight excluding hydrogens is 166 g/mol. The average molecular weight is 185 g/mol. The van der Waals surface area contributed by atoms with Crippen LogP contribution in [0.1, 0.15) is 12.8 Å². The van der Waals surface area contributed by atoms with Gasteiger partial charge in [0.15, 0.2) is 0 Å². The first-order valence-electron chi connectivity index (χ1n) is 4.92. The highest BCUT2D eigenvalue weighted by Gasteiger charge is 2.19. The fraction of sp³-hybridized carbons (Fsp3) is 0.800. The van der Waals surface area contributed by atoms with Gasteiger partial charge in [0.25, 0.3) is 0 Å². The lowest BCUT2D eigenvalue weighted by molar-refractivity contribution is 0.0168. The van der Waals surface area contributed by atoms with Crippen LogP contribution in [0.5, 0.6) is 0 Å². The molecule has 1 unspecified atom stereocenters. The Hall–Kier alpha value is -0.380. The summed E-state index contributed by atoms with van der Waals surface area (Å²) in [7, 11) is 0. The molecule has 1 atom stereocenters.